The molecule has 0 aromatic heterocycles. The molecule has 0 bridgehead atoms. The smallest absolute Gasteiger partial charge is 0.240 e. The second-order valence-corrected chi connectivity index (χ2v) is 8.40. The van der Waals surface area contributed by atoms with Gasteiger partial charge >= 0.3 is 0 Å². The maximum Gasteiger partial charge on any atom is 0.240 e. The van der Waals surface area contributed by atoms with Crippen LogP contribution >= 0.6 is 0 Å². The number of amides is 1. The zero-order chi connectivity index (χ0) is 16.7. The summed E-state index contributed by atoms with van der Waals surface area (Å²) in [6.45, 7) is 3.68. The van der Waals surface area contributed by atoms with Crippen LogP contribution in [-0.2, 0) is 14.8 Å². The van der Waals surface area contributed by atoms with Gasteiger partial charge < -0.3 is 10.6 Å². The Morgan fingerprint density at radius 1 is 1.30 bits per heavy atom. The molecule has 1 aromatic carbocycles. The molecule has 1 aromatic rings. The minimum atomic E-state index is -3.53. The molecule has 1 unspecified atom stereocenters. The van der Waals surface area contributed by atoms with Gasteiger partial charge in [0, 0.05) is 11.6 Å². The van der Waals surface area contributed by atoms with Gasteiger partial charge in [0.25, 0.3) is 0 Å². The second kappa shape index (κ2) is 5.89. The number of carbonyl (C=O) groups is 1. The average Bonchev–Trinajstić information content (AvgIpc) is 3.23. The number of benzene rings is 1. The van der Waals surface area contributed by atoms with E-state index < -0.39 is 10.0 Å². The summed E-state index contributed by atoms with van der Waals surface area (Å²) in [6.07, 6.45) is 3.02. The molecule has 3 N–H and O–H groups in total. The van der Waals surface area contributed by atoms with E-state index in [1.54, 1.807) is 19.1 Å². The van der Waals surface area contributed by atoms with E-state index in [0.29, 0.717) is 11.3 Å². The zero-order valence-electron chi connectivity index (χ0n) is 13.5. The van der Waals surface area contributed by atoms with Crippen molar-refractivity contribution >= 4 is 21.6 Å². The summed E-state index contributed by atoms with van der Waals surface area (Å²) >= 11 is 0. The van der Waals surface area contributed by atoms with Crippen LogP contribution in [0.1, 0.15) is 24.8 Å². The lowest BCUT2D eigenvalue weighted by Crippen LogP contribution is -2.31. The molecule has 2 aliphatic rings. The van der Waals surface area contributed by atoms with Gasteiger partial charge in [0.15, 0.2) is 0 Å². The summed E-state index contributed by atoms with van der Waals surface area (Å²) in [5.41, 5.74) is 1.35. The van der Waals surface area contributed by atoms with Gasteiger partial charge in [0.1, 0.15) is 0 Å². The quantitative estimate of drug-likeness (QED) is 0.771. The van der Waals surface area contributed by atoms with Crippen LogP contribution in [0.15, 0.2) is 23.1 Å². The Kier molecular flexibility index (Phi) is 4.20. The molecule has 3 rings (SSSR count). The Morgan fingerprint density at radius 2 is 2.00 bits per heavy atom. The number of sulfonamides is 1. The van der Waals surface area contributed by atoms with E-state index in [1.807, 2.05) is 0 Å². The summed E-state index contributed by atoms with van der Waals surface area (Å²) in [6, 6.07) is 4.99. The third-order valence-electron chi connectivity index (χ3n) is 5.12. The first-order valence-corrected chi connectivity index (χ1v) is 9.42. The highest BCUT2D eigenvalue weighted by molar-refractivity contribution is 7.89. The Labute approximate surface area is 137 Å². The number of rotatable bonds is 4. The van der Waals surface area contributed by atoms with Crippen LogP contribution in [0.25, 0.3) is 0 Å². The summed E-state index contributed by atoms with van der Waals surface area (Å²) in [4.78, 5) is 12.7. The predicted octanol–water partition coefficient (Wildman–Crippen LogP) is 1.23. The fourth-order valence-corrected chi connectivity index (χ4v) is 4.50. The SMILES string of the molecule is CNS(=O)(=O)c1cc(NC(=O)C2CC23CCNCC3)ccc1C. The van der Waals surface area contributed by atoms with Crippen molar-refractivity contribution in [3.8, 4) is 0 Å². The largest absolute Gasteiger partial charge is 0.326 e. The Balaban J connectivity index is 1.74. The maximum atomic E-state index is 12.5. The van der Waals surface area contributed by atoms with Gasteiger partial charge in [0.2, 0.25) is 15.9 Å². The molecule has 126 valence electrons. The molecule has 1 saturated heterocycles. The molecular formula is C16H23N3O3S. The standard InChI is InChI=1S/C16H23N3O3S/c1-11-3-4-12(9-14(11)23(21,22)17-2)19-15(20)13-10-16(13)5-7-18-8-6-16/h3-4,9,13,17-18H,5-8,10H2,1-2H3,(H,19,20). The van der Waals surface area contributed by atoms with E-state index >= 15 is 0 Å². The maximum absolute atomic E-state index is 12.5. The number of nitrogens with one attached hydrogen (secondary N) is 3. The van der Waals surface area contributed by atoms with E-state index in [9.17, 15) is 13.2 Å². The molecule has 1 aliphatic heterocycles. The number of hydrogen-bond acceptors (Lipinski definition) is 4. The monoisotopic (exact) mass is 337 g/mol. The van der Waals surface area contributed by atoms with Gasteiger partial charge in [-0.2, -0.15) is 0 Å². The highest BCUT2D eigenvalue weighted by atomic mass is 32.2. The van der Waals surface area contributed by atoms with Crippen molar-refractivity contribution in [2.45, 2.75) is 31.1 Å². The van der Waals surface area contributed by atoms with Gasteiger partial charge in [-0.05, 0) is 69.4 Å². The van der Waals surface area contributed by atoms with Crippen LogP contribution in [0, 0.1) is 18.3 Å². The van der Waals surface area contributed by atoms with Crippen LogP contribution in [0.2, 0.25) is 0 Å². The minimum absolute atomic E-state index is 0.00330. The molecule has 23 heavy (non-hydrogen) atoms. The normalized spacial score (nSPS) is 22.8. The first-order chi connectivity index (χ1) is 10.9. The fourth-order valence-electron chi connectivity index (χ4n) is 3.50. The third-order valence-corrected chi connectivity index (χ3v) is 6.68. The number of piperidine rings is 1. The Hall–Kier alpha value is -1.44. The van der Waals surface area contributed by atoms with Crippen LogP contribution in [0.5, 0.6) is 0 Å². The van der Waals surface area contributed by atoms with Crippen molar-refractivity contribution in [1.29, 1.82) is 0 Å². The summed E-state index contributed by atoms with van der Waals surface area (Å²) in [5.74, 6) is 0.0545. The topological polar surface area (TPSA) is 87.3 Å². The molecular weight excluding hydrogens is 314 g/mol. The van der Waals surface area contributed by atoms with Gasteiger partial charge in [-0.15, -0.1) is 0 Å². The second-order valence-electron chi connectivity index (χ2n) is 6.55. The lowest BCUT2D eigenvalue weighted by atomic mass is 9.92. The van der Waals surface area contributed by atoms with Crippen molar-refractivity contribution < 1.29 is 13.2 Å². The molecule has 2 fully saturated rings. The minimum Gasteiger partial charge on any atom is -0.326 e. The Bertz CT molecular complexity index is 724. The van der Waals surface area contributed by atoms with Gasteiger partial charge in [0.05, 0.1) is 4.90 Å². The molecule has 7 heteroatoms. The molecule has 1 amide bonds. The Morgan fingerprint density at radius 3 is 2.65 bits per heavy atom. The fraction of sp³-hybridized carbons (Fsp3) is 0.562. The van der Waals surface area contributed by atoms with Gasteiger partial charge in [-0.3, -0.25) is 4.79 Å². The number of hydrogen-bond donors (Lipinski definition) is 3. The molecule has 1 aliphatic carbocycles. The highest BCUT2D eigenvalue weighted by Gasteiger charge is 2.57. The van der Waals surface area contributed by atoms with Crippen LogP contribution in [0.3, 0.4) is 0 Å². The molecule has 1 atom stereocenters. The lowest BCUT2D eigenvalue weighted by molar-refractivity contribution is -0.118. The zero-order valence-corrected chi connectivity index (χ0v) is 14.3. The molecule has 1 heterocycles. The first kappa shape index (κ1) is 16.4. The van der Waals surface area contributed by atoms with E-state index in [1.165, 1.54) is 13.1 Å². The van der Waals surface area contributed by atoms with Crippen LogP contribution < -0.4 is 15.4 Å². The van der Waals surface area contributed by atoms with Gasteiger partial charge in [-0.25, -0.2) is 13.1 Å². The number of carbonyl (C=O) groups excluding carboxylic acids is 1. The molecule has 0 radical (unpaired) electrons. The highest BCUT2D eigenvalue weighted by Crippen LogP contribution is 2.58. The number of anilines is 1. The van der Waals surface area contributed by atoms with E-state index in [0.717, 1.165) is 32.4 Å². The van der Waals surface area contributed by atoms with Crippen molar-refractivity contribution in [2.75, 3.05) is 25.5 Å². The number of aryl methyl sites for hydroxylation is 1. The summed E-state index contributed by atoms with van der Waals surface area (Å²) in [7, 11) is -2.15. The molecule has 1 saturated carbocycles. The van der Waals surface area contributed by atoms with Crippen molar-refractivity contribution in [3.05, 3.63) is 23.8 Å². The van der Waals surface area contributed by atoms with Crippen molar-refractivity contribution in [2.24, 2.45) is 11.3 Å². The van der Waals surface area contributed by atoms with E-state index in [-0.39, 0.29) is 22.1 Å². The van der Waals surface area contributed by atoms with E-state index in [2.05, 4.69) is 15.4 Å². The van der Waals surface area contributed by atoms with Crippen molar-refractivity contribution in [1.82, 2.24) is 10.0 Å². The summed E-state index contributed by atoms with van der Waals surface area (Å²) < 4.78 is 26.3. The first-order valence-electron chi connectivity index (χ1n) is 7.94. The van der Waals surface area contributed by atoms with Gasteiger partial charge in [-0.1, -0.05) is 6.07 Å². The summed E-state index contributed by atoms with van der Waals surface area (Å²) in [5, 5.41) is 6.21. The van der Waals surface area contributed by atoms with Crippen molar-refractivity contribution in [3.63, 3.8) is 0 Å². The third kappa shape index (κ3) is 3.13. The molecule has 1 spiro atoms. The van der Waals surface area contributed by atoms with E-state index in [4.69, 9.17) is 0 Å². The predicted molar refractivity (Wildman–Crippen MR) is 88.7 cm³/mol. The average molecular weight is 337 g/mol. The van der Waals surface area contributed by atoms with Crippen LogP contribution in [0.4, 0.5) is 5.69 Å². The molecule has 6 nitrogen and oxygen atoms in total. The lowest BCUT2D eigenvalue weighted by Gasteiger charge is -2.23. The van der Waals surface area contributed by atoms with Crippen LogP contribution in [-0.4, -0.2) is 34.5 Å².